The molecule has 3 aromatic carbocycles. The maximum absolute atomic E-state index is 5.16. The maximum Gasteiger partial charge on any atom is 3.00 e. The molecule has 0 saturated heterocycles. The molecule has 8 bridgehead atoms. The monoisotopic (exact) mass is 784 g/mol. The Morgan fingerprint density at radius 3 is 1.29 bits per heavy atom. The van der Waals surface area contributed by atoms with Crippen molar-refractivity contribution in [2.75, 3.05) is 0 Å². The molecule has 8 rings (SSSR count). The summed E-state index contributed by atoms with van der Waals surface area (Å²) in [4.78, 5) is 20.5. The molecule has 0 unspecified atom stereocenters. The van der Waals surface area contributed by atoms with Crippen LogP contribution in [0.15, 0.2) is 109 Å². The molecule has 4 aromatic heterocycles. The third kappa shape index (κ3) is 7.76. The first-order valence-corrected chi connectivity index (χ1v) is 20.8. The smallest absolute Gasteiger partial charge is 0.658 e. The van der Waals surface area contributed by atoms with E-state index in [9.17, 15) is 0 Å². The van der Waals surface area contributed by atoms with Crippen LogP contribution in [0.5, 0.6) is 0 Å². The summed E-state index contributed by atoms with van der Waals surface area (Å²) in [5.41, 5.74) is 18.2. The molecule has 0 radical (unpaired) electrons. The Labute approximate surface area is 338 Å². The van der Waals surface area contributed by atoms with Crippen molar-refractivity contribution in [3.63, 3.8) is 0 Å². The topological polar surface area (TPSA) is 55.2 Å². The second-order valence-corrected chi connectivity index (χ2v) is 16.3. The number of aryl methyl sites for hydroxylation is 6. The molecule has 6 heteroatoms. The maximum atomic E-state index is 5.16. The largest absolute Gasteiger partial charge is 3.00 e. The number of nitrogens with zero attached hydrogens (tertiary/aromatic N) is 4. The van der Waals surface area contributed by atoms with E-state index in [0.29, 0.717) is 0 Å². The number of hydrogen-bond acceptors (Lipinski definition) is 1. The quantitative estimate of drug-likeness (QED) is 0.151. The van der Waals surface area contributed by atoms with Gasteiger partial charge in [-0.2, -0.15) is 0 Å². The number of rotatable bonds is 7. The predicted octanol–water partition coefficient (Wildman–Crippen LogP) is 10.8. The number of benzene rings is 3. The molecule has 280 valence electrons. The fourth-order valence-corrected chi connectivity index (χ4v) is 10.3. The molecule has 0 fully saturated rings. The number of hydrogen-bond donors (Lipinski definition) is 0. The third-order valence-corrected chi connectivity index (χ3v) is 13.4. The molecule has 1 aliphatic rings. The molecule has 0 saturated carbocycles. The summed E-state index contributed by atoms with van der Waals surface area (Å²) in [5.74, 6) is 0. The summed E-state index contributed by atoms with van der Waals surface area (Å²) < 4.78 is 0. The number of allylic oxidation sites excluding steroid dienone is 2. The summed E-state index contributed by atoms with van der Waals surface area (Å²) in [5, 5.41) is 4.19. The Kier molecular flexibility index (Phi) is 12.7. The van der Waals surface area contributed by atoms with Crippen molar-refractivity contribution < 1.29 is 16.8 Å². The van der Waals surface area contributed by atoms with Gasteiger partial charge in [-0.1, -0.05) is 170 Å². The molecule has 0 spiro atoms. The van der Waals surface area contributed by atoms with Crippen molar-refractivity contribution in [3.05, 3.63) is 154 Å². The zero-order valence-corrected chi connectivity index (χ0v) is 35.2. The van der Waals surface area contributed by atoms with Crippen LogP contribution in [0.2, 0.25) is 0 Å². The van der Waals surface area contributed by atoms with Gasteiger partial charge in [0.15, 0.2) is 0 Å². The Balaban J connectivity index is 0.000000217. The summed E-state index contributed by atoms with van der Waals surface area (Å²) in [7, 11) is -0.446. The van der Waals surface area contributed by atoms with Gasteiger partial charge in [0.25, 0.3) is 0 Å². The van der Waals surface area contributed by atoms with Gasteiger partial charge in [0.1, 0.15) is 0 Å². The van der Waals surface area contributed by atoms with E-state index in [1.54, 1.807) is 0 Å². The van der Waals surface area contributed by atoms with Crippen molar-refractivity contribution in [3.8, 4) is 0 Å². The van der Waals surface area contributed by atoms with E-state index in [4.69, 9.17) is 19.9 Å². The molecular formula is C49H50CoN4P. The molecule has 0 N–H and O–H groups in total. The first kappa shape index (κ1) is 40.0. The standard InChI is InChI=1S/C31H35N4.C18H15P.Co/c1-9-20-16(5)24-13-28-22(11-3)18(7)30(34-28)31-19(8)23(12-4)29(35-31)14-25-17(6)21(10-2)27(33-25)15-26(20)32-24;1-4-10-16(11-5-1)19(17-12-6-2-7-13-17)18-14-8-3-9-15-18;/h13-15H,9-12H2,1-8H3;1-15H;/q-3;;+3. The summed E-state index contributed by atoms with van der Waals surface area (Å²) in [6.45, 7) is 17.6. The minimum atomic E-state index is -0.446. The summed E-state index contributed by atoms with van der Waals surface area (Å²) in [6.07, 6.45) is 3.74. The van der Waals surface area contributed by atoms with Crippen LogP contribution in [0, 0.1) is 20.8 Å². The molecule has 55 heavy (non-hydrogen) atoms. The van der Waals surface area contributed by atoms with E-state index in [-0.39, 0.29) is 16.8 Å². The van der Waals surface area contributed by atoms with Crippen molar-refractivity contribution in [2.45, 2.75) is 81.1 Å². The molecule has 0 amide bonds. The van der Waals surface area contributed by atoms with Crippen LogP contribution in [0.4, 0.5) is 0 Å². The Hall–Kier alpha value is -4.67. The average molecular weight is 785 g/mol. The van der Waals surface area contributed by atoms with Crippen molar-refractivity contribution in [1.82, 2.24) is 19.9 Å². The first-order chi connectivity index (χ1) is 26.3. The SMILES string of the molecule is CCC1=C(C)c2cc3[n-]c(c(C)c3CC)c3[n-]c(cc4[n-]c(cc1n2)c(CC)c4C)c(CC)c3C.[Co+3].c1ccc(P(c2ccccc2)c2ccccc2)cc1. The Bertz CT molecular complexity index is 2480. The van der Waals surface area contributed by atoms with Crippen molar-refractivity contribution >= 4 is 68.1 Å². The van der Waals surface area contributed by atoms with Gasteiger partial charge in [0.2, 0.25) is 0 Å². The zero-order valence-electron chi connectivity index (χ0n) is 33.3. The molecular weight excluding hydrogens is 734 g/mol. The molecule has 1 aliphatic heterocycles. The van der Waals surface area contributed by atoms with Crippen LogP contribution < -0.4 is 30.9 Å². The van der Waals surface area contributed by atoms with Gasteiger partial charge in [-0.3, -0.25) is 0 Å². The van der Waals surface area contributed by atoms with Crippen molar-refractivity contribution in [1.29, 1.82) is 0 Å². The van der Waals surface area contributed by atoms with Crippen LogP contribution >= 0.6 is 7.92 Å². The Morgan fingerprint density at radius 2 is 0.855 bits per heavy atom. The first-order valence-electron chi connectivity index (χ1n) is 19.4. The minimum absolute atomic E-state index is 0. The molecule has 4 nitrogen and oxygen atoms in total. The van der Waals surface area contributed by atoms with Gasteiger partial charge in [0, 0.05) is 0 Å². The second-order valence-electron chi connectivity index (χ2n) is 14.1. The van der Waals surface area contributed by atoms with Crippen LogP contribution in [0.3, 0.4) is 0 Å². The average Bonchev–Trinajstić information content (AvgIpc) is 3.88. The van der Waals surface area contributed by atoms with Crippen LogP contribution in [0.25, 0.3) is 44.2 Å². The number of aromatic nitrogens is 4. The molecule has 7 aromatic rings. The van der Waals surface area contributed by atoms with E-state index in [1.807, 2.05) is 0 Å². The van der Waals surface area contributed by atoms with Gasteiger partial charge >= 0.3 is 16.8 Å². The van der Waals surface area contributed by atoms with E-state index < -0.39 is 7.92 Å². The fraction of sp³-hybridized carbons (Fsp3) is 0.245. The number of fused-ring (bicyclic) bond motifs is 9. The van der Waals surface area contributed by atoms with Crippen LogP contribution in [0.1, 0.15) is 85.8 Å². The minimum Gasteiger partial charge on any atom is -0.658 e. The van der Waals surface area contributed by atoms with Gasteiger partial charge in [0.05, 0.1) is 11.4 Å². The van der Waals surface area contributed by atoms with Crippen molar-refractivity contribution in [2.24, 2.45) is 0 Å². The normalized spacial score (nSPS) is 11.9. The molecule has 0 aliphatic carbocycles. The van der Waals surface area contributed by atoms with Crippen LogP contribution in [-0.4, -0.2) is 4.98 Å². The Morgan fingerprint density at radius 1 is 0.455 bits per heavy atom. The predicted molar refractivity (Wildman–Crippen MR) is 233 cm³/mol. The third-order valence-electron chi connectivity index (χ3n) is 11.0. The van der Waals surface area contributed by atoms with E-state index >= 15 is 0 Å². The second kappa shape index (κ2) is 17.4. The van der Waals surface area contributed by atoms with E-state index in [1.165, 1.54) is 60.4 Å². The van der Waals surface area contributed by atoms with Gasteiger partial charge in [-0.25, -0.2) is 4.98 Å². The van der Waals surface area contributed by atoms with Crippen LogP contribution in [-0.2, 0) is 36.0 Å². The summed E-state index contributed by atoms with van der Waals surface area (Å²) in [6, 6.07) is 38.9. The van der Waals surface area contributed by atoms with Gasteiger partial charge in [-0.15, -0.1) is 33.1 Å². The van der Waals surface area contributed by atoms with E-state index in [2.05, 4.69) is 165 Å². The van der Waals surface area contributed by atoms with Gasteiger partial charge < -0.3 is 15.0 Å². The molecule has 5 heterocycles. The fourth-order valence-electron chi connectivity index (χ4n) is 8.04. The van der Waals surface area contributed by atoms with Gasteiger partial charge in [-0.05, 0) is 88.4 Å². The molecule has 0 atom stereocenters. The summed E-state index contributed by atoms with van der Waals surface area (Å²) >= 11 is 0. The van der Waals surface area contributed by atoms with E-state index in [0.717, 1.165) is 70.2 Å². The zero-order chi connectivity index (χ0) is 37.9.